The third-order valence-corrected chi connectivity index (χ3v) is 3.32. The van der Waals surface area contributed by atoms with E-state index in [0.29, 0.717) is 25.4 Å². The first kappa shape index (κ1) is 12.6. The summed E-state index contributed by atoms with van der Waals surface area (Å²) in [6.07, 6.45) is 6.76. The Labute approximate surface area is 102 Å². The Bertz CT molecular complexity index is 337. The quantitative estimate of drug-likeness (QED) is 0.856. The zero-order valence-corrected chi connectivity index (χ0v) is 10.4. The number of ether oxygens (including phenoxy) is 2. The first-order chi connectivity index (χ1) is 8.31. The van der Waals surface area contributed by atoms with Crippen molar-refractivity contribution in [2.45, 2.75) is 51.0 Å². The molecule has 0 aromatic carbocycles. The van der Waals surface area contributed by atoms with E-state index in [2.05, 4.69) is 0 Å². The van der Waals surface area contributed by atoms with Gasteiger partial charge in [-0.05, 0) is 31.7 Å². The van der Waals surface area contributed by atoms with Crippen molar-refractivity contribution < 1.29 is 13.9 Å². The second-order valence-corrected chi connectivity index (χ2v) is 4.58. The molecule has 0 aliphatic heterocycles. The lowest BCUT2D eigenvalue weighted by molar-refractivity contribution is -0.0405. The maximum Gasteiger partial charge on any atom is 0.129 e. The molecule has 2 rings (SSSR count). The summed E-state index contributed by atoms with van der Waals surface area (Å²) in [5.74, 6) is 0.852. The van der Waals surface area contributed by atoms with Crippen LogP contribution in [0.15, 0.2) is 16.7 Å². The normalized spacial score (nSPS) is 25.1. The Hall–Kier alpha value is -0.840. The summed E-state index contributed by atoms with van der Waals surface area (Å²) >= 11 is 0. The van der Waals surface area contributed by atoms with Crippen LogP contribution in [-0.4, -0.2) is 19.3 Å². The van der Waals surface area contributed by atoms with E-state index in [1.165, 1.54) is 6.42 Å². The molecule has 0 spiro atoms. The van der Waals surface area contributed by atoms with Crippen molar-refractivity contribution in [2.24, 2.45) is 5.73 Å². The molecule has 2 atom stereocenters. The van der Waals surface area contributed by atoms with Gasteiger partial charge in [0, 0.05) is 19.2 Å². The van der Waals surface area contributed by atoms with Crippen molar-refractivity contribution in [1.29, 1.82) is 0 Å². The maximum absolute atomic E-state index is 5.84. The lowest BCUT2D eigenvalue weighted by Gasteiger charge is -2.27. The van der Waals surface area contributed by atoms with E-state index in [4.69, 9.17) is 19.6 Å². The Balaban J connectivity index is 1.77. The van der Waals surface area contributed by atoms with Crippen LogP contribution in [0, 0.1) is 0 Å². The fourth-order valence-corrected chi connectivity index (χ4v) is 2.28. The van der Waals surface area contributed by atoms with Crippen molar-refractivity contribution in [3.05, 3.63) is 23.7 Å². The number of nitrogens with two attached hydrogens (primary N) is 1. The Kier molecular flexibility index (Phi) is 4.59. The first-order valence-electron chi connectivity index (χ1n) is 6.22. The fourth-order valence-electron chi connectivity index (χ4n) is 2.28. The molecular weight excluding hydrogens is 218 g/mol. The number of hydrogen-bond donors (Lipinski definition) is 1. The summed E-state index contributed by atoms with van der Waals surface area (Å²) in [5, 5.41) is 0. The van der Waals surface area contributed by atoms with E-state index >= 15 is 0 Å². The second-order valence-electron chi connectivity index (χ2n) is 4.58. The summed E-state index contributed by atoms with van der Waals surface area (Å²) in [6.45, 7) is 1.04. The number of hydrogen-bond acceptors (Lipinski definition) is 4. The van der Waals surface area contributed by atoms with E-state index < -0.39 is 0 Å². The number of rotatable bonds is 5. The van der Waals surface area contributed by atoms with E-state index in [1.807, 2.05) is 6.07 Å². The molecule has 0 bridgehead atoms. The average Bonchev–Trinajstić information content (AvgIpc) is 2.84. The van der Waals surface area contributed by atoms with Gasteiger partial charge in [-0.25, -0.2) is 0 Å². The zero-order valence-electron chi connectivity index (χ0n) is 10.4. The molecule has 96 valence electrons. The van der Waals surface area contributed by atoms with Crippen LogP contribution in [0.5, 0.6) is 0 Å². The van der Waals surface area contributed by atoms with Gasteiger partial charge in [0.1, 0.15) is 12.4 Å². The highest BCUT2D eigenvalue weighted by Gasteiger charge is 2.22. The fraction of sp³-hybridized carbons (Fsp3) is 0.692. The van der Waals surface area contributed by atoms with Crippen molar-refractivity contribution in [3.63, 3.8) is 0 Å². The van der Waals surface area contributed by atoms with Gasteiger partial charge in [-0.2, -0.15) is 0 Å². The van der Waals surface area contributed by atoms with Gasteiger partial charge in [-0.15, -0.1) is 0 Å². The Morgan fingerprint density at radius 2 is 2.24 bits per heavy atom. The van der Waals surface area contributed by atoms with Gasteiger partial charge in [0.2, 0.25) is 0 Å². The van der Waals surface area contributed by atoms with Crippen LogP contribution >= 0.6 is 0 Å². The smallest absolute Gasteiger partial charge is 0.129 e. The van der Waals surface area contributed by atoms with Crippen molar-refractivity contribution in [3.8, 4) is 0 Å². The minimum absolute atomic E-state index is 0.292. The lowest BCUT2D eigenvalue weighted by Crippen LogP contribution is -2.27. The summed E-state index contributed by atoms with van der Waals surface area (Å²) in [7, 11) is 1.77. The van der Waals surface area contributed by atoms with Crippen molar-refractivity contribution in [2.75, 3.05) is 7.11 Å². The molecule has 1 saturated carbocycles. The van der Waals surface area contributed by atoms with Gasteiger partial charge in [-0.1, -0.05) is 0 Å². The summed E-state index contributed by atoms with van der Waals surface area (Å²) in [5.41, 5.74) is 6.54. The zero-order chi connectivity index (χ0) is 12.1. The molecule has 0 saturated heterocycles. The molecule has 1 aromatic rings. The van der Waals surface area contributed by atoms with Gasteiger partial charge >= 0.3 is 0 Å². The summed E-state index contributed by atoms with van der Waals surface area (Å²) < 4.78 is 16.6. The molecule has 17 heavy (non-hydrogen) atoms. The highest BCUT2D eigenvalue weighted by molar-refractivity contribution is 5.11. The highest BCUT2D eigenvalue weighted by atomic mass is 16.5. The molecule has 1 heterocycles. The van der Waals surface area contributed by atoms with Crippen LogP contribution in [0.1, 0.15) is 37.0 Å². The SMILES string of the molecule is COC1CCCC(OCc2cc(CN)co2)C1. The predicted molar refractivity (Wildman–Crippen MR) is 64.4 cm³/mol. The molecule has 4 nitrogen and oxygen atoms in total. The average molecular weight is 239 g/mol. The van der Waals surface area contributed by atoms with Crippen molar-refractivity contribution in [1.82, 2.24) is 0 Å². The first-order valence-corrected chi connectivity index (χ1v) is 6.22. The summed E-state index contributed by atoms with van der Waals surface area (Å²) in [4.78, 5) is 0. The number of methoxy groups -OCH3 is 1. The molecule has 1 fully saturated rings. The van der Waals surface area contributed by atoms with E-state index in [1.54, 1.807) is 13.4 Å². The Morgan fingerprint density at radius 3 is 2.94 bits per heavy atom. The van der Waals surface area contributed by atoms with Crippen LogP contribution in [0.2, 0.25) is 0 Å². The van der Waals surface area contributed by atoms with Crippen LogP contribution in [0.3, 0.4) is 0 Å². The molecule has 1 aliphatic carbocycles. The molecular formula is C13H21NO3. The topological polar surface area (TPSA) is 57.6 Å². The molecule has 2 N–H and O–H groups in total. The van der Waals surface area contributed by atoms with Gasteiger partial charge in [-0.3, -0.25) is 0 Å². The third kappa shape index (κ3) is 3.56. The molecule has 0 amide bonds. The summed E-state index contributed by atoms with van der Waals surface area (Å²) in [6, 6.07) is 1.95. The predicted octanol–water partition coefficient (Wildman–Crippen LogP) is 2.21. The molecule has 0 radical (unpaired) electrons. The van der Waals surface area contributed by atoms with E-state index in [0.717, 1.165) is 30.6 Å². The molecule has 1 aliphatic rings. The second kappa shape index (κ2) is 6.19. The van der Waals surface area contributed by atoms with Gasteiger partial charge in [0.25, 0.3) is 0 Å². The molecule has 2 unspecified atom stereocenters. The maximum atomic E-state index is 5.84. The van der Waals surface area contributed by atoms with Crippen molar-refractivity contribution >= 4 is 0 Å². The van der Waals surface area contributed by atoms with Crippen LogP contribution in [0.25, 0.3) is 0 Å². The highest BCUT2D eigenvalue weighted by Crippen LogP contribution is 2.24. The molecule has 4 heteroatoms. The van der Waals surface area contributed by atoms with E-state index in [9.17, 15) is 0 Å². The Morgan fingerprint density at radius 1 is 1.41 bits per heavy atom. The largest absolute Gasteiger partial charge is 0.467 e. The minimum Gasteiger partial charge on any atom is -0.467 e. The lowest BCUT2D eigenvalue weighted by atomic mass is 9.95. The van der Waals surface area contributed by atoms with Crippen LogP contribution < -0.4 is 5.73 Å². The standard InChI is InChI=1S/C13H21NO3/c1-15-11-3-2-4-12(6-11)17-9-13-5-10(7-14)8-16-13/h5,8,11-12H,2-4,6-7,9,14H2,1H3. The monoisotopic (exact) mass is 239 g/mol. The number of furan rings is 1. The van der Waals surface area contributed by atoms with Gasteiger partial charge in [0.05, 0.1) is 18.5 Å². The van der Waals surface area contributed by atoms with Crippen LogP contribution in [-0.2, 0) is 22.6 Å². The van der Waals surface area contributed by atoms with Gasteiger partial charge < -0.3 is 19.6 Å². The van der Waals surface area contributed by atoms with Crippen LogP contribution in [0.4, 0.5) is 0 Å². The third-order valence-electron chi connectivity index (χ3n) is 3.32. The molecule has 1 aromatic heterocycles. The van der Waals surface area contributed by atoms with E-state index in [-0.39, 0.29) is 0 Å². The minimum atomic E-state index is 0.292. The van der Waals surface area contributed by atoms with Gasteiger partial charge in [0.15, 0.2) is 0 Å².